The number of methoxy groups -OCH3 is 1. The van der Waals surface area contributed by atoms with Crippen molar-refractivity contribution in [1.29, 1.82) is 0 Å². The van der Waals surface area contributed by atoms with Crippen molar-refractivity contribution in [1.82, 2.24) is 20.2 Å². The summed E-state index contributed by atoms with van der Waals surface area (Å²) in [6.45, 7) is 4.24. The van der Waals surface area contributed by atoms with E-state index < -0.39 is 6.04 Å². The average Bonchev–Trinajstić information content (AvgIpc) is 3.22. The molecule has 0 fully saturated rings. The first kappa shape index (κ1) is 19.4. The molecule has 4 rings (SSSR count). The molecule has 1 atom stereocenters. The Bertz CT molecular complexity index is 1110. The van der Waals surface area contributed by atoms with Crippen molar-refractivity contribution in [3.05, 3.63) is 65.4 Å². The van der Waals surface area contributed by atoms with Gasteiger partial charge in [0.2, 0.25) is 5.95 Å². The van der Waals surface area contributed by atoms with Gasteiger partial charge in [-0.2, -0.15) is 4.68 Å². The highest BCUT2D eigenvalue weighted by molar-refractivity contribution is 6.06. The number of ether oxygens (including phenoxy) is 2. The lowest BCUT2D eigenvalue weighted by Crippen LogP contribution is -2.32. The molecule has 0 saturated heterocycles. The SMILES string of the molecule is CCOc1ccccc1[C@@H]1C(C(=O)Nc2ccccc2OC)=C(C)Nc2nnnn21. The van der Waals surface area contributed by atoms with Crippen LogP contribution in [0.1, 0.15) is 25.5 Å². The third-order valence-corrected chi connectivity index (χ3v) is 4.83. The second-order valence-electron chi connectivity index (χ2n) is 6.64. The Labute approximate surface area is 173 Å². The fraction of sp³-hybridized carbons (Fsp3) is 0.238. The fourth-order valence-electron chi connectivity index (χ4n) is 3.52. The van der Waals surface area contributed by atoms with E-state index in [0.29, 0.717) is 41.0 Å². The molecular formula is C21H22N6O3. The summed E-state index contributed by atoms with van der Waals surface area (Å²) in [5, 5.41) is 18.0. The minimum Gasteiger partial charge on any atom is -0.495 e. The predicted octanol–water partition coefficient (Wildman–Crippen LogP) is 3.01. The molecule has 9 nitrogen and oxygen atoms in total. The highest BCUT2D eigenvalue weighted by Crippen LogP contribution is 2.39. The molecule has 0 spiro atoms. The zero-order chi connectivity index (χ0) is 21.1. The number of hydrogen-bond donors (Lipinski definition) is 2. The number of anilines is 2. The van der Waals surface area contributed by atoms with Gasteiger partial charge in [-0.25, -0.2) is 0 Å². The Morgan fingerprint density at radius 1 is 1.17 bits per heavy atom. The van der Waals surface area contributed by atoms with Crippen molar-refractivity contribution >= 4 is 17.5 Å². The zero-order valence-corrected chi connectivity index (χ0v) is 16.9. The number of allylic oxidation sites excluding steroid dienone is 1. The zero-order valence-electron chi connectivity index (χ0n) is 16.9. The summed E-state index contributed by atoms with van der Waals surface area (Å²) in [6.07, 6.45) is 0. The third kappa shape index (κ3) is 3.45. The van der Waals surface area contributed by atoms with Crippen LogP contribution in [0.2, 0.25) is 0 Å². The van der Waals surface area contributed by atoms with Gasteiger partial charge in [-0.05, 0) is 42.5 Å². The van der Waals surface area contributed by atoms with Crippen LogP contribution in [0.25, 0.3) is 0 Å². The van der Waals surface area contributed by atoms with Gasteiger partial charge in [-0.15, -0.1) is 0 Å². The van der Waals surface area contributed by atoms with Gasteiger partial charge in [-0.1, -0.05) is 35.4 Å². The van der Waals surface area contributed by atoms with Crippen LogP contribution in [0, 0.1) is 0 Å². The maximum Gasteiger partial charge on any atom is 0.255 e. The summed E-state index contributed by atoms with van der Waals surface area (Å²) in [4.78, 5) is 13.4. The third-order valence-electron chi connectivity index (χ3n) is 4.83. The Kier molecular flexibility index (Phi) is 5.34. The number of hydrogen-bond acceptors (Lipinski definition) is 7. The van der Waals surface area contributed by atoms with Crippen molar-refractivity contribution in [3.8, 4) is 11.5 Å². The second-order valence-corrected chi connectivity index (χ2v) is 6.64. The Morgan fingerprint density at radius 2 is 1.90 bits per heavy atom. The first-order chi connectivity index (χ1) is 14.6. The van der Waals surface area contributed by atoms with Gasteiger partial charge < -0.3 is 20.1 Å². The van der Waals surface area contributed by atoms with E-state index in [2.05, 4.69) is 26.2 Å². The van der Waals surface area contributed by atoms with Crippen LogP contribution in [0.3, 0.4) is 0 Å². The smallest absolute Gasteiger partial charge is 0.255 e. The Balaban J connectivity index is 1.80. The molecule has 1 aliphatic rings. The second kappa shape index (κ2) is 8.24. The van der Waals surface area contributed by atoms with Gasteiger partial charge in [0.25, 0.3) is 5.91 Å². The van der Waals surface area contributed by atoms with Gasteiger partial charge in [0.15, 0.2) is 0 Å². The molecule has 0 bridgehead atoms. The molecule has 2 aromatic carbocycles. The maximum absolute atomic E-state index is 13.4. The minimum atomic E-state index is -0.561. The van der Waals surface area contributed by atoms with Crippen molar-refractivity contribution < 1.29 is 14.3 Å². The predicted molar refractivity (Wildman–Crippen MR) is 112 cm³/mol. The molecule has 0 unspecified atom stereocenters. The van der Waals surface area contributed by atoms with Crippen LogP contribution in [-0.4, -0.2) is 39.8 Å². The molecule has 1 aromatic heterocycles. The van der Waals surface area contributed by atoms with E-state index in [1.807, 2.05) is 50.2 Å². The molecule has 9 heteroatoms. The van der Waals surface area contributed by atoms with Crippen LogP contribution in [0.15, 0.2) is 59.8 Å². The molecule has 30 heavy (non-hydrogen) atoms. The monoisotopic (exact) mass is 406 g/mol. The molecule has 154 valence electrons. The largest absolute Gasteiger partial charge is 0.495 e. The molecule has 0 saturated carbocycles. The first-order valence-electron chi connectivity index (χ1n) is 9.55. The number of benzene rings is 2. The van der Waals surface area contributed by atoms with Crippen LogP contribution < -0.4 is 20.1 Å². The summed E-state index contributed by atoms with van der Waals surface area (Å²) >= 11 is 0. The van der Waals surface area contributed by atoms with E-state index in [0.717, 1.165) is 5.56 Å². The number of nitrogens with zero attached hydrogens (tertiary/aromatic N) is 4. The van der Waals surface area contributed by atoms with Crippen LogP contribution in [-0.2, 0) is 4.79 Å². The lowest BCUT2D eigenvalue weighted by atomic mass is 9.94. The number of rotatable bonds is 6. The summed E-state index contributed by atoms with van der Waals surface area (Å²) in [7, 11) is 1.56. The first-order valence-corrected chi connectivity index (χ1v) is 9.55. The normalized spacial score (nSPS) is 15.2. The Hall–Kier alpha value is -3.88. The Morgan fingerprint density at radius 3 is 2.67 bits per heavy atom. The van der Waals surface area contributed by atoms with Gasteiger partial charge in [-0.3, -0.25) is 4.79 Å². The highest BCUT2D eigenvalue weighted by Gasteiger charge is 2.35. The number of nitrogens with one attached hydrogen (secondary N) is 2. The summed E-state index contributed by atoms with van der Waals surface area (Å²) in [5.41, 5.74) is 2.50. The van der Waals surface area contributed by atoms with Gasteiger partial charge in [0, 0.05) is 11.3 Å². The maximum atomic E-state index is 13.4. The number of carbonyl (C=O) groups excluding carboxylic acids is 1. The van der Waals surface area contributed by atoms with Gasteiger partial charge >= 0.3 is 0 Å². The van der Waals surface area contributed by atoms with Crippen molar-refractivity contribution in [2.24, 2.45) is 0 Å². The number of tetrazole rings is 1. The number of carbonyl (C=O) groups is 1. The average molecular weight is 406 g/mol. The molecule has 3 aromatic rings. The van der Waals surface area contributed by atoms with Crippen LogP contribution in [0.4, 0.5) is 11.6 Å². The van der Waals surface area contributed by atoms with Gasteiger partial charge in [0.05, 0.1) is 25.0 Å². The highest BCUT2D eigenvalue weighted by atomic mass is 16.5. The molecule has 0 aliphatic carbocycles. The molecule has 2 N–H and O–H groups in total. The lowest BCUT2D eigenvalue weighted by molar-refractivity contribution is -0.113. The van der Waals surface area contributed by atoms with E-state index in [1.165, 1.54) is 0 Å². The topological polar surface area (TPSA) is 103 Å². The van der Waals surface area contributed by atoms with Crippen molar-refractivity contribution in [2.75, 3.05) is 24.4 Å². The van der Waals surface area contributed by atoms with Crippen LogP contribution >= 0.6 is 0 Å². The lowest BCUT2D eigenvalue weighted by Gasteiger charge is -2.29. The van der Waals surface area contributed by atoms with Crippen molar-refractivity contribution in [3.63, 3.8) is 0 Å². The number of aromatic nitrogens is 4. The van der Waals surface area contributed by atoms with E-state index in [4.69, 9.17) is 9.47 Å². The molecule has 1 aliphatic heterocycles. The number of amides is 1. The molecular weight excluding hydrogens is 384 g/mol. The van der Waals surface area contributed by atoms with E-state index in [9.17, 15) is 4.79 Å². The standard InChI is InChI=1S/C21H22N6O3/c1-4-30-16-11-7-5-9-14(16)19-18(13(2)22-21-24-25-26-27(19)21)20(28)23-15-10-6-8-12-17(15)29-3/h5-12,19H,4H2,1-3H3,(H,23,28)(H,22,24,26)/t19-/m1/s1. The summed E-state index contributed by atoms with van der Waals surface area (Å²) in [5.74, 6) is 1.41. The fourth-order valence-corrected chi connectivity index (χ4v) is 3.52. The summed E-state index contributed by atoms with van der Waals surface area (Å²) < 4.78 is 12.8. The molecule has 1 amide bonds. The van der Waals surface area contributed by atoms with Crippen LogP contribution in [0.5, 0.6) is 11.5 Å². The minimum absolute atomic E-state index is 0.290. The molecule has 0 radical (unpaired) electrons. The summed E-state index contributed by atoms with van der Waals surface area (Å²) in [6, 6.07) is 14.3. The van der Waals surface area contributed by atoms with Crippen molar-refractivity contribution in [2.45, 2.75) is 19.9 Å². The molecule has 2 heterocycles. The van der Waals surface area contributed by atoms with E-state index in [-0.39, 0.29) is 5.91 Å². The number of fused-ring (bicyclic) bond motifs is 1. The van der Waals surface area contributed by atoms with Gasteiger partial charge in [0.1, 0.15) is 17.5 Å². The quantitative estimate of drug-likeness (QED) is 0.649. The van der Waals surface area contributed by atoms with E-state index in [1.54, 1.807) is 23.9 Å². The van der Waals surface area contributed by atoms with E-state index >= 15 is 0 Å². The number of para-hydroxylation sites is 3.